The van der Waals surface area contributed by atoms with Gasteiger partial charge in [-0.05, 0) is 34.1 Å². The number of hydrogen-bond acceptors (Lipinski definition) is 4. The van der Waals surface area contributed by atoms with Crippen molar-refractivity contribution in [2.75, 3.05) is 5.32 Å². The first-order valence-corrected chi connectivity index (χ1v) is 7.08. The predicted molar refractivity (Wildman–Crippen MR) is 86.5 cm³/mol. The minimum absolute atomic E-state index is 0.121. The molecule has 22 heavy (non-hydrogen) atoms. The molecule has 122 valence electrons. The SMILES string of the molecule is CC(C)(C)c1cc(O)cc(C(C)(C)C)c1NC(=O)C(=O)NN. The van der Waals surface area contributed by atoms with Gasteiger partial charge in [0.15, 0.2) is 0 Å². The molecule has 2 amide bonds. The van der Waals surface area contributed by atoms with Gasteiger partial charge in [0.05, 0.1) is 0 Å². The number of hydrazine groups is 1. The van der Waals surface area contributed by atoms with Crippen LogP contribution in [-0.2, 0) is 20.4 Å². The maximum absolute atomic E-state index is 11.9. The summed E-state index contributed by atoms with van der Waals surface area (Å²) in [6, 6.07) is 3.20. The molecule has 0 radical (unpaired) electrons. The van der Waals surface area contributed by atoms with Crippen molar-refractivity contribution in [2.24, 2.45) is 5.84 Å². The topological polar surface area (TPSA) is 104 Å². The van der Waals surface area contributed by atoms with Crippen LogP contribution in [-0.4, -0.2) is 16.9 Å². The van der Waals surface area contributed by atoms with E-state index in [4.69, 9.17) is 5.84 Å². The normalized spacial score (nSPS) is 12.0. The van der Waals surface area contributed by atoms with Gasteiger partial charge in [-0.25, -0.2) is 5.84 Å². The van der Waals surface area contributed by atoms with Gasteiger partial charge in [0, 0.05) is 5.69 Å². The fourth-order valence-electron chi connectivity index (χ4n) is 2.18. The van der Waals surface area contributed by atoms with Gasteiger partial charge in [0.25, 0.3) is 0 Å². The molecule has 1 aromatic rings. The fraction of sp³-hybridized carbons (Fsp3) is 0.500. The number of carbonyl (C=O) groups excluding carboxylic acids is 2. The third-order valence-corrected chi connectivity index (χ3v) is 3.31. The molecule has 0 spiro atoms. The van der Waals surface area contributed by atoms with Crippen molar-refractivity contribution in [2.45, 2.75) is 52.4 Å². The summed E-state index contributed by atoms with van der Waals surface area (Å²) < 4.78 is 0. The van der Waals surface area contributed by atoms with E-state index < -0.39 is 11.8 Å². The highest BCUT2D eigenvalue weighted by atomic mass is 16.3. The molecular weight excluding hydrogens is 282 g/mol. The first kappa shape index (κ1) is 18.0. The number of benzene rings is 1. The first-order valence-electron chi connectivity index (χ1n) is 7.08. The van der Waals surface area contributed by atoms with Crippen LogP contribution in [0.3, 0.4) is 0 Å². The number of aromatic hydroxyl groups is 1. The van der Waals surface area contributed by atoms with Crippen molar-refractivity contribution in [1.29, 1.82) is 0 Å². The van der Waals surface area contributed by atoms with Crippen molar-refractivity contribution >= 4 is 17.5 Å². The molecule has 0 aromatic heterocycles. The number of nitrogens with two attached hydrogens (primary N) is 1. The Morgan fingerprint density at radius 2 is 1.36 bits per heavy atom. The number of phenols is 1. The van der Waals surface area contributed by atoms with E-state index in [1.54, 1.807) is 12.1 Å². The molecule has 0 bridgehead atoms. The Morgan fingerprint density at radius 3 is 1.68 bits per heavy atom. The largest absolute Gasteiger partial charge is 0.508 e. The van der Waals surface area contributed by atoms with Crippen LogP contribution in [0.4, 0.5) is 5.69 Å². The van der Waals surface area contributed by atoms with E-state index in [-0.39, 0.29) is 16.6 Å². The summed E-state index contributed by atoms with van der Waals surface area (Å²) in [4.78, 5) is 23.3. The molecule has 0 aliphatic rings. The van der Waals surface area contributed by atoms with Crippen LogP contribution in [0.2, 0.25) is 0 Å². The number of nitrogens with one attached hydrogen (secondary N) is 2. The van der Waals surface area contributed by atoms with Gasteiger partial charge < -0.3 is 10.4 Å². The molecule has 0 fully saturated rings. The van der Waals surface area contributed by atoms with Gasteiger partial charge in [-0.3, -0.25) is 15.0 Å². The van der Waals surface area contributed by atoms with Gasteiger partial charge in [0.1, 0.15) is 5.75 Å². The van der Waals surface area contributed by atoms with E-state index in [0.29, 0.717) is 5.69 Å². The maximum Gasteiger partial charge on any atom is 0.323 e. The zero-order chi connectivity index (χ0) is 17.3. The summed E-state index contributed by atoms with van der Waals surface area (Å²) in [5.41, 5.74) is 3.17. The predicted octanol–water partition coefficient (Wildman–Crippen LogP) is 1.92. The molecule has 0 saturated carbocycles. The molecule has 1 rings (SSSR count). The number of phenolic OH excluding ortho intramolecular Hbond substituents is 1. The van der Waals surface area contributed by atoms with Crippen LogP contribution in [0.5, 0.6) is 5.75 Å². The molecule has 0 unspecified atom stereocenters. The lowest BCUT2D eigenvalue weighted by Crippen LogP contribution is -2.40. The van der Waals surface area contributed by atoms with Gasteiger partial charge in [-0.1, -0.05) is 41.5 Å². The number of anilines is 1. The van der Waals surface area contributed by atoms with Crippen LogP contribution < -0.4 is 16.6 Å². The van der Waals surface area contributed by atoms with E-state index in [9.17, 15) is 14.7 Å². The van der Waals surface area contributed by atoms with E-state index in [1.165, 1.54) is 0 Å². The highest BCUT2D eigenvalue weighted by molar-refractivity contribution is 6.39. The summed E-state index contributed by atoms with van der Waals surface area (Å²) in [7, 11) is 0. The second-order valence-electron chi connectivity index (χ2n) is 7.34. The Hall–Kier alpha value is -2.08. The summed E-state index contributed by atoms with van der Waals surface area (Å²) in [5, 5.41) is 12.7. The van der Waals surface area contributed by atoms with Crippen LogP contribution in [0.1, 0.15) is 52.7 Å². The fourth-order valence-corrected chi connectivity index (χ4v) is 2.18. The van der Waals surface area contributed by atoms with Gasteiger partial charge >= 0.3 is 11.8 Å². The molecular formula is C16H25N3O3. The molecule has 0 aliphatic heterocycles. The summed E-state index contributed by atoms with van der Waals surface area (Å²) in [6.07, 6.45) is 0. The Morgan fingerprint density at radius 1 is 0.955 bits per heavy atom. The highest BCUT2D eigenvalue weighted by Crippen LogP contribution is 2.40. The van der Waals surface area contributed by atoms with Gasteiger partial charge in [0.2, 0.25) is 0 Å². The monoisotopic (exact) mass is 307 g/mol. The third-order valence-electron chi connectivity index (χ3n) is 3.31. The van der Waals surface area contributed by atoms with Crippen LogP contribution in [0.25, 0.3) is 0 Å². The van der Waals surface area contributed by atoms with Gasteiger partial charge in [-0.15, -0.1) is 0 Å². The third kappa shape index (κ3) is 3.98. The molecule has 6 heteroatoms. The second-order valence-corrected chi connectivity index (χ2v) is 7.34. The summed E-state index contributed by atoms with van der Waals surface area (Å²) in [5.74, 6) is 3.35. The molecule has 0 saturated heterocycles. The lowest BCUT2D eigenvalue weighted by Gasteiger charge is -2.30. The van der Waals surface area contributed by atoms with Crippen molar-refractivity contribution in [3.05, 3.63) is 23.3 Å². The molecule has 5 N–H and O–H groups in total. The summed E-state index contributed by atoms with van der Waals surface area (Å²) >= 11 is 0. The van der Waals surface area contributed by atoms with Crippen molar-refractivity contribution in [3.63, 3.8) is 0 Å². The standard InChI is InChI=1S/C16H25N3O3/c1-15(2,3)10-7-9(20)8-11(16(4,5)6)12(10)18-13(21)14(22)19-17/h7-8,20H,17H2,1-6H3,(H,18,21)(H,19,22). The van der Waals surface area contributed by atoms with Crippen LogP contribution in [0.15, 0.2) is 12.1 Å². The number of rotatable bonds is 1. The zero-order valence-electron chi connectivity index (χ0n) is 14.0. The second kappa shape index (κ2) is 5.96. The van der Waals surface area contributed by atoms with E-state index in [2.05, 4.69) is 5.32 Å². The van der Waals surface area contributed by atoms with Crippen LogP contribution >= 0.6 is 0 Å². The molecule has 0 heterocycles. The lowest BCUT2D eigenvalue weighted by molar-refractivity contribution is -0.136. The Kier molecular flexibility index (Phi) is 4.87. The number of amides is 2. The van der Waals surface area contributed by atoms with Crippen molar-refractivity contribution in [1.82, 2.24) is 5.43 Å². The minimum Gasteiger partial charge on any atom is -0.508 e. The van der Waals surface area contributed by atoms with Crippen LogP contribution in [0, 0.1) is 0 Å². The number of carbonyl (C=O) groups is 2. The van der Waals surface area contributed by atoms with Crippen molar-refractivity contribution < 1.29 is 14.7 Å². The average molecular weight is 307 g/mol. The van der Waals surface area contributed by atoms with Gasteiger partial charge in [-0.2, -0.15) is 0 Å². The van der Waals surface area contributed by atoms with E-state index >= 15 is 0 Å². The highest BCUT2D eigenvalue weighted by Gasteiger charge is 2.28. The van der Waals surface area contributed by atoms with E-state index in [1.807, 2.05) is 47.0 Å². The van der Waals surface area contributed by atoms with Crippen molar-refractivity contribution in [3.8, 4) is 5.75 Å². The smallest absolute Gasteiger partial charge is 0.323 e. The van der Waals surface area contributed by atoms with E-state index in [0.717, 1.165) is 11.1 Å². The Bertz CT molecular complexity index is 561. The lowest BCUT2D eigenvalue weighted by atomic mass is 9.78. The minimum atomic E-state index is -0.923. The summed E-state index contributed by atoms with van der Waals surface area (Å²) in [6.45, 7) is 11.8. The number of hydrogen-bond donors (Lipinski definition) is 4. The maximum atomic E-state index is 11.9. The molecule has 0 atom stereocenters. The zero-order valence-corrected chi connectivity index (χ0v) is 14.0. The molecule has 6 nitrogen and oxygen atoms in total. The first-order chi connectivity index (χ1) is 9.87. The average Bonchev–Trinajstić information content (AvgIpc) is 2.36. The Labute approximate surface area is 131 Å². The molecule has 0 aliphatic carbocycles. The Balaban J connectivity index is 3.56. The quantitative estimate of drug-likeness (QED) is 0.209. The molecule has 1 aromatic carbocycles.